The fourth-order valence-electron chi connectivity index (χ4n) is 4.21. The van der Waals surface area contributed by atoms with E-state index in [4.69, 9.17) is 16.3 Å². The average molecular weight is 439 g/mol. The summed E-state index contributed by atoms with van der Waals surface area (Å²) in [7, 11) is 0. The van der Waals surface area contributed by atoms with Crippen LogP contribution in [0, 0.1) is 19.7 Å². The molecule has 0 bridgehead atoms. The number of hydrogen-bond acceptors (Lipinski definition) is 4. The number of aromatic nitrogens is 2. The second-order valence-corrected chi connectivity index (χ2v) is 8.23. The SMILES string of the molecule is Cc1cc2c(cc1N1Cc3c(Cl)cnc(C)c3NC1=O)OC(c1ncccc1F)CC2. The first-order chi connectivity index (χ1) is 14.9. The van der Waals surface area contributed by atoms with Gasteiger partial charge in [-0.2, -0.15) is 0 Å². The number of amides is 2. The highest BCUT2D eigenvalue weighted by molar-refractivity contribution is 6.32. The van der Waals surface area contributed by atoms with Crippen molar-refractivity contribution in [3.05, 3.63) is 75.6 Å². The van der Waals surface area contributed by atoms with Crippen molar-refractivity contribution in [1.82, 2.24) is 9.97 Å². The molecule has 1 N–H and O–H groups in total. The van der Waals surface area contributed by atoms with Gasteiger partial charge in [-0.25, -0.2) is 9.18 Å². The first kappa shape index (κ1) is 19.8. The van der Waals surface area contributed by atoms with E-state index in [0.717, 1.165) is 34.5 Å². The van der Waals surface area contributed by atoms with Crippen LogP contribution in [-0.2, 0) is 13.0 Å². The van der Waals surface area contributed by atoms with Gasteiger partial charge in [0.05, 0.1) is 28.6 Å². The lowest BCUT2D eigenvalue weighted by Gasteiger charge is -2.33. The molecule has 2 aliphatic heterocycles. The minimum absolute atomic E-state index is 0.258. The number of anilines is 2. The molecule has 5 rings (SSSR count). The number of pyridine rings is 2. The molecular weight excluding hydrogens is 419 g/mol. The number of benzene rings is 1. The molecule has 0 saturated carbocycles. The maximum atomic E-state index is 14.2. The van der Waals surface area contributed by atoms with E-state index in [0.29, 0.717) is 35.1 Å². The minimum atomic E-state index is -0.469. The van der Waals surface area contributed by atoms with Gasteiger partial charge in [-0.3, -0.25) is 14.9 Å². The van der Waals surface area contributed by atoms with Crippen molar-refractivity contribution in [3.63, 3.8) is 0 Å². The third-order valence-corrected chi connectivity index (χ3v) is 6.15. The Labute approximate surface area is 184 Å². The van der Waals surface area contributed by atoms with Crippen LogP contribution in [0.25, 0.3) is 0 Å². The topological polar surface area (TPSA) is 67.4 Å². The molecule has 2 aromatic heterocycles. The number of ether oxygens (including phenoxy) is 1. The molecule has 1 unspecified atom stereocenters. The number of rotatable bonds is 2. The summed E-state index contributed by atoms with van der Waals surface area (Å²) >= 11 is 6.36. The van der Waals surface area contributed by atoms with Crippen molar-refractivity contribution in [2.45, 2.75) is 39.3 Å². The number of aryl methyl sites for hydroxylation is 3. The number of carbonyl (C=O) groups is 1. The van der Waals surface area contributed by atoms with Crippen LogP contribution in [0.5, 0.6) is 5.75 Å². The number of urea groups is 1. The Hall–Kier alpha value is -3.19. The maximum absolute atomic E-state index is 14.2. The number of nitrogens with one attached hydrogen (secondary N) is 1. The summed E-state index contributed by atoms with van der Waals surface area (Å²) in [5.74, 6) is 0.256. The van der Waals surface area contributed by atoms with Gasteiger partial charge < -0.3 is 10.1 Å². The minimum Gasteiger partial charge on any atom is -0.484 e. The Morgan fingerprint density at radius 1 is 1.29 bits per heavy atom. The molecule has 2 amide bonds. The Morgan fingerprint density at radius 3 is 2.94 bits per heavy atom. The highest BCUT2D eigenvalue weighted by Gasteiger charge is 2.31. The Bertz CT molecular complexity index is 1220. The summed E-state index contributed by atoms with van der Waals surface area (Å²) in [4.78, 5) is 22.9. The predicted octanol–water partition coefficient (Wildman–Crippen LogP) is 5.50. The van der Waals surface area contributed by atoms with Gasteiger partial charge in [-0.1, -0.05) is 17.7 Å². The van der Waals surface area contributed by atoms with E-state index >= 15 is 0 Å². The molecule has 4 heterocycles. The molecule has 0 saturated heterocycles. The fraction of sp³-hybridized carbons (Fsp3) is 0.261. The van der Waals surface area contributed by atoms with E-state index in [1.165, 1.54) is 6.07 Å². The van der Waals surface area contributed by atoms with Gasteiger partial charge in [0.15, 0.2) is 0 Å². The molecule has 0 aliphatic carbocycles. The third-order valence-electron chi connectivity index (χ3n) is 5.82. The van der Waals surface area contributed by atoms with Gasteiger partial charge >= 0.3 is 6.03 Å². The van der Waals surface area contributed by atoms with Gasteiger partial charge in [-0.05, 0) is 49.9 Å². The van der Waals surface area contributed by atoms with Crippen LogP contribution in [0.3, 0.4) is 0 Å². The standard InChI is InChI=1S/C23H20ClFN4O2/c1-12-8-14-5-6-19(22-17(25)4-3-7-26-22)31-20(14)9-18(12)29-11-15-16(24)10-27-13(2)21(15)28-23(29)30/h3-4,7-10,19H,5-6,11H2,1-2H3,(H,28,30). The number of hydrogen-bond donors (Lipinski definition) is 1. The molecule has 3 aromatic rings. The van der Waals surface area contributed by atoms with E-state index in [1.807, 2.05) is 26.0 Å². The van der Waals surface area contributed by atoms with Crippen molar-refractivity contribution in [2.75, 3.05) is 10.2 Å². The lowest BCUT2D eigenvalue weighted by Crippen LogP contribution is -2.39. The summed E-state index contributed by atoms with van der Waals surface area (Å²) in [6, 6.07) is 6.57. The summed E-state index contributed by atoms with van der Waals surface area (Å²) < 4.78 is 20.4. The van der Waals surface area contributed by atoms with Crippen molar-refractivity contribution in [2.24, 2.45) is 0 Å². The van der Waals surface area contributed by atoms with E-state index in [2.05, 4.69) is 15.3 Å². The molecule has 2 aliphatic rings. The van der Waals surface area contributed by atoms with Gasteiger partial charge in [0, 0.05) is 24.0 Å². The number of halogens is 2. The zero-order chi connectivity index (χ0) is 21.7. The number of nitrogens with zero attached hydrogens (tertiary/aromatic N) is 3. The van der Waals surface area contributed by atoms with Crippen LogP contribution in [0.1, 0.15) is 40.6 Å². The van der Waals surface area contributed by atoms with Crippen molar-refractivity contribution in [1.29, 1.82) is 0 Å². The van der Waals surface area contributed by atoms with E-state index in [1.54, 1.807) is 23.4 Å². The quantitative estimate of drug-likeness (QED) is 0.573. The van der Waals surface area contributed by atoms with Crippen LogP contribution >= 0.6 is 11.6 Å². The fourth-order valence-corrected chi connectivity index (χ4v) is 4.42. The Kier molecular flexibility index (Phi) is 4.78. The van der Waals surface area contributed by atoms with E-state index in [-0.39, 0.29) is 11.8 Å². The molecular formula is C23H20ClFN4O2. The molecule has 31 heavy (non-hydrogen) atoms. The lowest BCUT2D eigenvalue weighted by molar-refractivity contribution is 0.167. The largest absolute Gasteiger partial charge is 0.484 e. The average Bonchev–Trinajstić information content (AvgIpc) is 2.76. The summed E-state index contributed by atoms with van der Waals surface area (Å²) in [5.41, 5.74) is 5.20. The molecule has 1 atom stereocenters. The predicted molar refractivity (Wildman–Crippen MR) is 116 cm³/mol. The monoisotopic (exact) mass is 438 g/mol. The summed E-state index contributed by atoms with van der Waals surface area (Å²) in [6.07, 6.45) is 4.07. The lowest BCUT2D eigenvalue weighted by atomic mass is 9.97. The molecule has 158 valence electrons. The van der Waals surface area contributed by atoms with Crippen molar-refractivity contribution >= 4 is 29.0 Å². The molecule has 1 aromatic carbocycles. The summed E-state index contributed by atoms with van der Waals surface area (Å²) in [5, 5.41) is 3.41. The number of fused-ring (bicyclic) bond motifs is 2. The zero-order valence-corrected chi connectivity index (χ0v) is 17.8. The van der Waals surface area contributed by atoms with Crippen molar-refractivity contribution in [3.8, 4) is 5.75 Å². The van der Waals surface area contributed by atoms with Crippen LogP contribution in [0.4, 0.5) is 20.6 Å². The smallest absolute Gasteiger partial charge is 0.326 e. The van der Waals surface area contributed by atoms with Gasteiger partial charge in [-0.15, -0.1) is 0 Å². The summed E-state index contributed by atoms with van der Waals surface area (Å²) in [6.45, 7) is 4.11. The Morgan fingerprint density at radius 2 is 2.13 bits per heavy atom. The van der Waals surface area contributed by atoms with Crippen LogP contribution < -0.4 is 15.0 Å². The van der Waals surface area contributed by atoms with Gasteiger partial charge in [0.1, 0.15) is 23.4 Å². The van der Waals surface area contributed by atoms with Gasteiger partial charge in [0.25, 0.3) is 0 Å². The third kappa shape index (κ3) is 3.39. The second-order valence-electron chi connectivity index (χ2n) is 7.82. The van der Waals surface area contributed by atoms with Crippen LogP contribution in [0.15, 0.2) is 36.7 Å². The van der Waals surface area contributed by atoms with E-state index < -0.39 is 6.10 Å². The first-order valence-corrected chi connectivity index (χ1v) is 10.4. The molecule has 0 radical (unpaired) electrons. The second kappa shape index (κ2) is 7.50. The zero-order valence-electron chi connectivity index (χ0n) is 17.1. The van der Waals surface area contributed by atoms with Crippen molar-refractivity contribution < 1.29 is 13.9 Å². The van der Waals surface area contributed by atoms with Crippen LogP contribution in [-0.4, -0.2) is 16.0 Å². The first-order valence-electron chi connectivity index (χ1n) is 10.1. The molecule has 8 heteroatoms. The van der Waals surface area contributed by atoms with Gasteiger partial charge in [0.2, 0.25) is 0 Å². The molecule has 0 spiro atoms. The van der Waals surface area contributed by atoms with Crippen LogP contribution in [0.2, 0.25) is 5.02 Å². The Balaban J connectivity index is 1.50. The highest BCUT2D eigenvalue weighted by Crippen LogP contribution is 2.41. The van der Waals surface area contributed by atoms with E-state index in [9.17, 15) is 9.18 Å². The number of carbonyl (C=O) groups excluding carboxylic acids is 1. The molecule has 6 nitrogen and oxygen atoms in total. The highest BCUT2D eigenvalue weighted by atomic mass is 35.5. The maximum Gasteiger partial charge on any atom is 0.326 e. The normalized spacial score (nSPS) is 17.5. The molecule has 0 fully saturated rings.